The summed E-state index contributed by atoms with van der Waals surface area (Å²) in [6.07, 6.45) is 0.524. The molecule has 14 heavy (non-hydrogen) atoms. The molecule has 0 spiro atoms. The molecule has 2 nitrogen and oxygen atoms in total. The Labute approximate surface area is 86.1 Å². The first-order chi connectivity index (χ1) is 6.70. The van der Waals surface area contributed by atoms with Gasteiger partial charge in [0, 0.05) is 18.8 Å². The first-order valence-electron chi connectivity index (χ1n) is 5.22. The van der Waals surface area contributed by atoms with Crippen molar-refractivity contribution in [1.29, 1.82) is 0 Å². The lowest BCUT2D eigenvalue weighted by Crippen LogP contribution is -2.34. The Balaban J connectivity index is 2.28. The molecule has 1 atom stereocenters. The van der Waals surface area contributed by atoms with Gasteiger partial charge in [-0.1, -0.05) is 18.2 Å². The molecule has 1 aromatic rings. The summed E-state index contributed by atoms with van der Waals surface area (Å²) in [6.45, 7) is 6.75. The fraction of sp³-hybridized carbons (Fsp3) is 0.500. The molecule has 1 heterocycles. The molecule has 0 aromatic heterocycles. The molecule has 1 saturated heterocycles. The molecule has 2 rings (SSSR count). The highest BCUT2D eigenvalue weighted by Crippen LogP contribution is 2.25. The number of rotatable bonds is 1. The standard InChI is InChI=1S/C12H18N2/c1-10-6-4-5-7-12(10)14-9-8-13(3)11(14)2/h4-7,11H,8-9H2,1-3H3. The summed E-state index contributed by atoms with van der Waals surface area (Å²) in [6, 6.07) is 8.61. The van der Waals surface area contributed by atoms with E-state index in [2.05, 4.69) is 55.0 Å². The summed E-state index contributed by atoms with van der Waals surface area (Å²) >= 11 is 0. The fourth-order valence-corrected chi connectivity index (χ4v) is 2.08. The van der Waals surface area contributed by atoms with Crippen LogP contribution in [-0.2, 0) is 0 Å². The maximum absolute atomic E-state index is 2.47. The number of nitrogens with zero attached hydrogens (tertiary/aromatic N) is 2. The van der Waals surface area contributed by atoms with Crippen molar-refractivity contribution in [3.8, 4) is 0 Å². The lowest BCUT2D eigenvalue weighted by Gasteiger charge is -2.27. The van der Waals surface area contributed by atoms with Crippen LogP contribution in [0.2, 0.25) is 0 Å². The maximum atomic E-state index is 2.47. The minimum atomic E-state index is 0.524. The Morgan fingerprint density at radius 2 is 1.93 bits per heavy atom. The summed E-state index contributed by atoms with van der Waals surface area (Å²) in [7, 11) is 2.18. The molecule has 0 saturated carbocycles. The summed E-state index contributed by atoms with van der Waals surface area (Å²) in [5.41, 5.74) is 2.75. The zero-order chi connectivity index (χ0) is 10.1. The lowest BCUT2D eigenvalue weighted by atomic mass is 10.2. The monoisotopic (exact) mass is 190 g/mol. The SMILES string of the molecule is Cc1ccccc1N1CCN(C)C1C. The maximum Gasteiger partial charge on any atom is 0.0790 e. The van der Waals surface area contributed by atoms with E-state index in [1.165, 1.54) is 11.3 Å². The first kappa shape index (κ1) is 9.53. The summed E-state index contributed by atoms with van der Waals surface area (Å²) < 4.78 is 0. The molecule has 0 radical (unpaired) electrons. The van der Waals surface area contributed by atoms with Gasteiger partial charge < -0.3 is 4.90 Å². The average Bonchev–Trinajstić information content (AvgIpc) is 2.49. The number of likely N-dealkylation sites (N-methyl/N-ethyl adjacent to an activating group) is 1. The lowest BCUT2D eigenvalue weighted by molar-refractivity contribution is 0.332. The predicted octanol–water partition coefficient (Wildman–Crippen LogP) is 2.09. The molecule has 0 bridgehead atoms. The van der Waals surface area contributed by atoms with E-state index in [4.69, 9.17) is 0 Å². The van der Waals surface area contributed by atoms with Crippen LogP contribution < -0.4 is 4.90 Å². The van der Waals surface area contributed by atoms with Crippen molar-refractivity contribution in [2.24, 2.45) is 0 Å². The highest BCUT2D eigenvalue weighted by atomic mass is 15.4. The second-order valence-electron chi connectivity index (χ2n) is 4.09. The molecule has 1 unspecified atom stereocenters. The quantitative estimate of drug-likeness (QED) is 0.669. The molecule has 2 heteroatoms. The van der Waals surface area contributed by atoms with Crippen LogP contribution in [0, 0.1) is 6.92 Å². The Morgan fingerprint density at radius 1 is 1.21 bits per heavy atom. The third-order valence-corrected chi connectivity index (χ3v) is 3.21. The number of anilines is 1. The average molecular weight is 190 g/mol. The van der Waals surface area contributed by atoms with Crippen LogP contribution in [0.3, 0.4) is 0 Å². The van der Waals surface area contributed by atoms with Gasteiger partial charge in [-0.15, -0.1) is 0 Å². The van der Waals surface area contributed by atoms with Gasteiger partial charge in [0.25, 0.3) is 0 Å². The van der Waals surface area contributed by atoms with Gasteiger partial charge in [-0.3, -0.25) is 4.90 Å². The van der Waals surface area contributed by atoms with E-state index >= 15 is 0 Å². The van der Waals surface area contributed by atoms with E-state index in [0.29, 0.717) is 6.17 Å². The molecule has 1 fully saturated rings. The Bertz CT molecular complexity index is 322. The minimum absolute atomic E-state index is 0.524. The van der Waals surface area contributed by atoms with E-state index in [1.54, 1.807) is 0 Å². The fourth-order valence-electron chi connectivity index (χ4n) is 2.08. The van der Waals surface area contributed by atoms with E-state index in [9.17, 15) is 0 Å². The van der Waals surface area contributed by atoms with Gasteiger partial charge in [-0.25, -0.2) is 0 Å². The largest absolute Gasteiger partial charge is 0.355 e. The number of para-hydroxylation sites is 1. The van der Waals surface area contributed by atoms with Crippen LogP contribution >= 0.6 is 0 Å². The Hall–Kier alpha value is -1.02. The van der Waals surface area contributed by atoms with Crippen LogP contribution in [0.4, 0.5) is 5.69 Å². The smallest absolute Gasteiger partial charge is 0.0790 e. The van der Waals surface area contributed by atoms with Gasteiger partial charge in [0.1, 0.15) is 0 Å². The van der Waals surface area contributed by atoms with Crippen molar-refractivity contribution in [3.05, 3.63) is 29.8 Å². The van der Waals surface area contributed by atoms with Crippen molar-refractivity contribution in [2.75, 3.05) is 25.0 Å². The van der Waals surface area contributed by atoms with E-state index in [0.717, 1.165) is 13.1 Å². The van der Waals surface area contributed by atoms with Gasteiger partial charge >= 0.3 is 0 Å². The molecule has 0 N–H and O–H groups in total. The highest BCUT2D eigenvalue weighted by Gasteiger charge is 2.25. The van der Waals surface area contributed by atoms with Crippen LogP contribution in [0.15, 0.2) is 24.3 Å². The molecule has 76 valence electrons. The molecule has 0 amide bonds. The van der Waals surface area contributed by atoms with Crippen molar-refractivity contribution >= 4 is 5.69 Å². The summed E-state index contributed by atoms with van der Waals surface area (Å²) in [4.78, 5) is 4.85. The van der Waals surface area contributed by atoms with E-state index in [-0.39, 0.29) is 0 Å². The third-order valence-electron chi connectivity index (χ3n) is 3.21. The van der Waals surface area contributed by atoms with Crippen LogP contribution in [0.25, 0.3) is 0 Å². The van der Waals surface area contributed by atoms with Gasteiger partial charge in [0.05, 0.1) is 6.17 Å². The van der Waals surface area contributed by atoms with E-state index in [1.807, 2.05) is 0 Å². The second-order valence-corrected chi connectivity index (χ2v) is 4.09. The number of benzene rings is 1. The summed E-state index contributed by atoms with van der Waals surface area (Å²) in [5.74, 6) is 0. The molecule has 0 aliphatic carbocycles. The normalized spacial score (nSPS) is 23.1. The van der Waals surface area contributed by atoms with Crippen molar-refractivity contribution in [1.82, 2.24) is 4.90 Å². The van der Waals surface area contributed by atoms with Crippen molar-refractivity contribution in [3.63, 3.8) is 0 Å². The minimum Gasteiger partial charge on any atom is -0.355 e. The van der Waals surface area contributed by atoms with E-state index < -0.39 is 0 Å². The third kappa shape index (κ3) is 1.50. The van der Waals surface area contributed by atoms with Crippen LogP contribution in [0.1, 0.15) is 12.5 Å². The molecular formula is C12H18N2. The molecular weight excluding hydrogens is 172 g/mol. The van der Waals surface area contributed by atoms with Gasteiger partial charge in [-0.05, 0) is 32.5 Å². The predicted molar refractivity (Wildman–Crippen MR) is 60.6 cm³/mol. The van der Waals surface area contributed by atoms with Gasteiger partial charge in [-0.2, -0.15) is 0 Å². The Kier molecular flexibility index (Phi) is 2.46. The van der Waals surface area contributed by atoms with Crippen molar-refractivity contribution < 1.29 is 0 Å². The number of hydrogen-bond acceptors (Lipinski definition) is 2. The highest BCUT2D eigenvalue weighted by molar-refractivity contribution is 5.54. The van der Waals surface area contributed by atoms with Gasteiger partial charge in [0.2, 0.25) is 0 Å². The zero-order valence-corrected chi connectivity index (χ0v) is 9.20. The second kappa shape index (κ2) is 3.62. The molecule has 1 aliphatic heterocycles. The molecule has 1 aromatic carbocycles. The zero-order valence-electron chi connectivity index (χ0n) is 9.20. The Morgan fingerprint density at radius 3 is 2.50 bits per heavy atom. The first-order valence-corrected chi connectivity index (χ1v) is 5.22. The van der Waals surface area contributed by atoms with Crippen molar-refractivity contribution in [2.45, 2.75) is 20.0 Å². The molecule has 1 aliphatic rings. The topological polar surface area (TPSA) is 6.48 Å². The number of hydrogen-bond donors (Lipinski definition) is 0. The summed E-state index contributed by atoms with van der Waals surface area (Å²) in [5, 5.41) is 0. The number of aryl methyl sites for hydroxylation is 1. The van der Waals surface area contributed by atoms with Gasteiger partial charge in [0.15, 0.2) is 0 Å². The van der Waals surface area contributed by atoms with Crippen LogP contribution in [0.5, 0.6) is 0 Å². The van der Waals surface area contributed by atoms with Crippen LogP contribution in [-0.4, -0.2) is 31.2 Å².